The molecular weight excluding hydrogens is 289 g/mol. The van der Waals surface area contributed by atoms with Gasteiger partial charge in [0.05, 0.1) is 16.6 Å². The number of hydrogen-bond donors (Lipinski definition) is 1. The zero-order chi connectivity index (χ0) is 15.6. The number of benzene rings is 1. The normalized spacial score (nSPS) is 12.0. The molecule has 0 bridgehead atoms. The van der Waals surface area contributed by atoms with Gasteiger partial charge in [0.1, 0.15) is 0 Å². The average Bonchev–Trinajstić information content (AvgIpc) is 2.77. The number of aryl methyl sites for hydroxylation is 1. The number of ether oxygens (including phenoxy) is 1. The Hall–Kier alpha value is -2.09. The van der Waals surface area contributed by atoms with E-state index >= 15 is 0 Å². The highest BCUT2D eigenvalue weighted by atomic mass is 19.4. The van der Waals surface area contributed by atoms with Crippen LogP contribution in [0.4, 0.5) is 13.2 Å². The number of alkyl halides is 3. The van der Waals surface area contributed by atoms with Gasteiger partial charge in [0.25, 0.3) is 0 Å². The Morgan fingerprint density at radius 1 is 1.43 bits per heavy atom. The fourth-order valence-corrected chi connectivity index (χ4v) is 2.07. The molecule has 0 amide bonds. The van der Waals surface area contributed by atoms with Crippen molar-refractivity contribution < 1.29 is 27.8 Å². The molecule has 0 aliphatic heterocycles. The smallest absolute Gasteiger partial charge is 0.449 e. The molecule has 1 N–H and O–H groups in total. The van der Waals surface area contributed by atoms with E-state index in [1.807, 2.05) is 0 Å². The second-order valence-corrected chi connectivity index (χ2v) is 4.44. The maximum absolute atomic E-state index is 13.0. The number of aromatic nitrogens is 2. The van der Waals surface area contributed by atoms with Crippen molar-refractivity contribution in [1.29, 1.82) is 0 Å². The number of halogens is 3. The third-order valence-electron chi connectivity index (χ3n) is 2.98. The lowest BCUT2D eigenvalue weighted by Gasteiger charge is -2.11. The van der Waals surface area contributed by atoms with Gasteiger partial charge < -0.3 is 14.4 Å². The lowest BCUT2D eigenvalue weighted by atomic mass is 10.2. The van der Waals surface area contributed by atoms with Crippen molar-refractivity contribution in [3.8, 4) is 0 Å². The van der Waals surface area contributed by atoms with Gasteiger partial charge in [-0.3, -0.25) is 0 Å². The van der Waals surface area contributed by atoms with Gasteiger partial charge >= 0.3 is 12.1 Å². The number of fused-ring (bicyclic) bond motifs is 1. The van der Waals surface area contributed by atoms with Crippen LogP contribution in [0.15, 0.2) is 18.2 Å². The molecule has 1 heterocycles. The van der Waals surface area contributed by atoms with Gasteiger partial charge in [-0.1, -0.05) is 0 Å². The van der Waals surface area contributed by atoms with Crippen LogP contribution < -0.4 is 0 Å². The third kappa shape index (κ3) is 3.15. The van der Waals surface area contributed by atoms with Crippen molar-refractivity contribution in [1.82, 2.24) is 9.55 Å². The number of nitrogens with zero attached hydrogens (tertiary/aromatic N) is 2. The van der Waals surface area contributed by atoms with E-state index in [1.54, 1.807) is 0 Å². The van der Waals surface area contributed by atoms with Crippen LogP contribution in [-0.4, -0.2) is 34.3 Å². The first kappa shape index (κ1) is 15.3. The second-order valence-electron chi connectivity index (χ2n) is 4.44. The van der Waals surface area contributed by atoms with Crippen LogP contribution in [0.1, 0.15) is 22.6 Å². The molecule has 0 spiro atoms. The Bertz CT molecular complexity index is 664. The van der Waals surface area contributed by atoms with Crippen molar-refractivity contribution in [2.45, 2.75) is 19.1 Å². The van der Waals surface area contributed by atoms with Gasteiger partial charge in [-0.2, -0.15) is 13.2 Å². The van der Waals surface area contributed by atoms with E-state index in [0.29, 0.717) is 13.0 Å². The van der Waals surface area contributed by atoms with Gasteiger partial charge in [0.2, 0.25) is 5.82 Å². The van der Waals surface area contributed by atoms with Crippen LogP contribution in [0, 0.1) is 0 Å². The van der Waals surface area contributed by atoms with Crippen LogP contribution in [-0.2, 0) is 17.5 Å². The van der Waals surface area contributed by atoms with Crippen molar-refractivity contribution in [2.75, 3.05) is 13.7 Å². The minimum Gasteiger partial charge on any atom is -0.478 e. The summed E-state index contributed by atoms with van der Waals surface area (Å²) < 4.78 is 44.9. The molecule has 0 saturated carbocycles. The lowest BCUT2D eigenvalue weighted by molar-refractivity contribution is -0.147. The number of carboxylic acid groups (broad SMARTS) is 1. The summed E-state index contributed by atoms with van der Waals surface area (Å²) in [5.74, 6) is -2.23. The molecule has 0 unspecified atom stereocenters. The van der Waals surface area contributed by atoms with E-state index in [4.69, 9.17) is 9.84 Å². The Morgan fingerprint density at radius 3 is 2.71 bits per heavy atom. The number of hydrogen-bond acceptors (Lipinski definition) is 3. The summed E-state index contributed by atoms with van der Waals surface area (Å²) in [6.45, 7) is 0.345. The predicted molar refractivity (Wildman–Crippen MR) is 68.2 cm³/mol. The van der Waals surface area contributed by atoms with Gasteiger partial charge in [-0.15, -0.1) is 0 Å². The molecule has 8 heteroatoms. The highest BCUT2D eigenvalue weighted by Gasteiger charge is 2.37. The Morgan fingerprint density at radius 2 is 2.14 bits per heavy atom. The topological polar surface area (TPSA) is 64.4 Å². The number of rotatable bonds is 5. The van der Waals surface area contributed by atoms with E-state index in [0.717, 1.165) is 4.57 Å². The van der Waals surface area contributed by atoms with Crippen molar-refractivity contribution in [2.24, 2.45) is 0 Å². The first-order chi connectivity index (χ1) is 9.84. The molecule has 0 saturated heterocycles. The first-order valence-corrected chi connectivity index (χ1v) is 6.14. The standard InChI is InChI=1S/C13H13F3N2O3/c1-21-6-2-5-18-10-7-8(11(19)20)3-4-9(10)17-12(18)13(14,15)16/h3-4,7H,2,5-6H2,1H3,(H,19,20). The number of aromatic carboxylic acids is 1. The second kappa shape index (κ2) is 5.72. The molecule has 2 rings (SSSR count). The molecule has 0 atom stereocenters. The Kier molecular flexibility index (Phi) is 4.17. The van der Waals surface area contributed by atoms with E-state index in [1.165, 1.54) is 25.3 Å². The monoisotopic (exact) mass is 302 g/mol. The SMILES string of the molecule is COCCCn1c(C(F)(F)F)nc2ccc(C(=O)O)cc21. The highest BCUT2D eigenvalue weighted by Crippen LogP contribution is 2.32. The van der Waals surface area contributed by atoms with Gasteiger partial charge in [-0.25, -0.2) is 9.78 Å². The zero-order valence-corrected chi connectivity index (χ0v) is 11.1. The van der Waals surface area contributed by atoms with Gasteiger partial charge in [0.15, 0.2) is 0 Å². The Labute approximate surface area is 118 Å². The fourth-order valence-electron chi connectivity index (χ4n) is 2.07. The summed E-state index contributed by atoms with van der Waals surface area (Å²) in [5.41, 5.74) is 0.187. The maximum atomic E-state index is 13.0. The summed E-state index contributed by atoms with van der Waals surface area (Å²) in [4.78, 5) is 14.5. The number of methoxy groups -OCH3 is 1. The molecule has 0 radical (unpaired) electrons. The van der Waals surface area contributed by atoms with Gasteiger partial charge in [-0.05, 0) is 24.6 Å². The molecule has 5 nitrogen and oxygen atoms in total. The summed E-state index contributed by atoms with van der Waals surface area (Å²) in [5, 5.41) is 8.94. The minimum atomic E-state index is -4.60. The largest absolute Gasteiger partial charge is 0.478 e. The first-order valence-electron chi connectivity index (χ1n) is 6.14. The van der Waals surface area contributed by atoms with Crippen LogP contribution in [0.2, 0.25) is 0 Å². The summed E-state index contributed by atoms with van der Waals surface area (Å²) in [6.07, 6.45) is -4.24. The molecule has 1 aromatic heterocycles. The van der Waals surface area contributed by atoms with Crippen LogP contribution in [0.25, 0.3) is 11.0 Å². The molecule has 1 aromatic carbocycles. The van der Waals surface area contributed by atoms with Gasteiger partial charge in [0, 0.05) is 20.3 Å². The summed E-state index contributed by atoms with van der Waals surface area (Å²) >= 11 is 0. The number of imidazole rings is 1. The van der Waals surface area contributed by atoms with E-state index in [2.05, 4.69) is 4.98 Å². The molecule has 0 fully saturated rings. The zero-order valence-electron chi connectivity index (χ0n) is 11.1. The van der Waals surface area contributed by atoms with E-state index < -0.39 is 18.0 Å². The molecule has 21 heavy (non-hydrogen) atoms. The van der Waals surface area contributed by atoms with Crippen molar-refractivity contribution >= 4 is 17.0 Å². The van der Waals surface area contributed by atoms with E-state index in [-0.39, 0.29) is 23.1 Å². The molecule has 0 aliphatic rings. The van der Waals surface area contributed by atoms with Crippen LogP contribution in [0.3, 0.4) is 0 Å². The molecular formula is C13H13F3N2O3. The minimum absolute atomic E-state index is 0.0439. The lowest BCUT2D eigenvalue weighted by Crippen LogP contribution is -2.16. The van der Waals surface area contributed by atoms with Crippen molar-refractivity contribution in [3.63, 3.8) is 0 Å². The molecule has 0 aliphatic carbocycles. The quantitative estimate of drug-likeness (QED) is 0.863. The molecule has 2 aromatic rings. The van der Waals surface area contributed by atoms with Crippen molar-refractivity contribution in [3.05, 3.63) is 29.6 Å². The molecule has 114 valence electrons. The van der Waals surface area contributed by atoms with E-state index in [9.17, 15) is 18.0 Å². The summed E-state index contributed by atoms with van der Waals surface area (Å²) in [7, 11) is 1.46. The fraction of sp³-hybridized carbons (Fsp3) is 0.385. The predicted octanol–water partition coefficient (Wildman–Crippen LogP) is 2.79. The Balaban J connectivity index is 2.56. The third-order valence-corrected chi connectivity index (χ3v) is 2.98. The number of carbonyl (C=O) groups is 1. The van der Waals surface area contributed by atoms with Crippen LogP contribution >= 0.6 is 0 Å². The maximum Gasteiger partial charge on any atom is 0.449 e. The highest BCUT2D eigenvalue weighted by molar-refractivity contribution is 5.92. The average molecular weight is 302 g/mol. The number of carboxylic acids is 1. The van der Waals surface area contributed by atoms with Crippen LogP contribution in [0.5, 0.6) is 0 Å². The summed E-state index contributed by atoms with van der Waals surface area (Å²) in [6, 6.07) is 3.71.